The molecule has 3 heterocycles. The number of aromatic nitrogens is 3. The van der Waals surface area contributed by atoms with Crippen molar-refractivity contribution < 1.29 is 14.3 Å². The molecule has 9 nitrogen and oxygen atoms in total. The fourth-order valence-electron chi connectivity index (χ4n) is 2.84. The number of amides is 3. The lowest BCUT2D eigenvalue weighted by Crippen LogP contribution is -2.35. The van der Waals surface area contributed by atoms with Gasteiger partial charge in [0, 0.05) is 39.5 Å². The molecule has 3 amide bonds. The number of fused-ring (bicyclic) bond motifs is 1. The molecule has 2 aromatic heterocycles. The Balaban J connectivity index is 1.63. The van der Waals surface area contributed by atoms with Gasteiger partial charge in [-0.25, -0.2) is 14.6 Å². The van der Waals surface area contributed by atoms with E-state index in [1.807, 2.05) is 20.0 Å². The quantitative estimate of drug-likeness (QED) is 0.891. The van der Waals surface area contributed by atoms with Crippen molar-refractivity contribution >= 4 is 28.8 Å². The van der Waals surface area contributed by atoms with E-state index in [9.17, 15) is 9.59 Å². The van der Waals surface area contributed by atoms with Gasteiger partial charge in [0.05, 0.1) is 24.1 Å². The highest BCUT2D eigenvalue weighted by molar-refractivity contribution is 5.92. The van der Waals surface area contributed by atoms with Crippen LogP contribution in [0, 0.1) is 6.92 Å². The summed E-state index contributed by atoms with van der Waals surface area (Å²) in [4.78, 5) is 31.4. The van der Waals surface area contributed by atoms with E-state index < -0.39 is 6.09 Å². The number of carbonyl (C=O) groups is 2. The third-order valence-electron chi connectivity index (χ3n) is 4.18. The number of anilines is 1. The lowest BCUT2D eigenvalue weighted by atomic mass is 10.2. The summed E-state index contributed by atoms with van der Waals surface area (Å²) in [6, 6.07) is 1.63. The summed E-state index contributed by atoms with van der Waals surface area (Å²) >= 11 is 0. The standard InChI is InChI=1S/C16H22N6O3/c1-10-13-7-11(8-17-14(13)21(4)19-10)18-15(23)22-6-5-12(9-22)25-16(24)20(2)3/h7-8,12H,5-6,9H2,1-4H3,(H,18,23). The summed E-state index contributed by atoms with van der Waals surface area (Å²) < 4.78 is 7.03. The molecular weight excluding hydrogens is 324 g/mol. The minimum absolute atomic E-state index is 0.230. The predicted molar refractivity (Wildman–Crippen MR) is 92.4 cm³/mol. The van der Waals surface area contributed by atoms with E-state index in [1.54, 1.807) is 29.9 Å². The zero-order chi connectivity index (χ0) is 18.1. The first kappa shape index (κ1) is 17.0. The second-order valence-electron chi connectivity index (χ2n) is 6.37. The predicted octanol–water partition coefficient (Wildman–Crippen LogP) is 1.58. The zero-order valence-electron chi connectivity index (χ0n) is 14.8. The minimum Gasteiger partial charge on any atom is -0.444 e. The van der Waals surface area contributed by atoms with E-state index in [0.29, 0.717) is 25.2 Å². The number of aryl methyl sites for hydroxylation is 2. The average molecular weight is 346 g/mol. The van der Waals surface area contributed by atoms with Gasteiger partial charge in [-0.05, 0) is 13.0 Å². The summed E-state index contributed by atoms with van der Waals surface area (Å²) in [6.07, 6.45) is 1.57. The van der Waals surface area contributed by atoms with Crippen molar-refractivity contribution in [2.24, 2.45) is 7.05 Å². The highest BCUT2D eigenvalue weighted by Gasteiger charge is 2.29. The maximum Gasteiger partial charge on any atom is 0.409 e. The van der Waals surface area contributed by atoms with Crippen molar-refractivity contribution in [3.05, 3.63) is 18.0 Å². The largest absolute Gasteiger partial charge is 0.444 e. The van der Waals surface area contributed by atoms with Gasteiger partial charge in [0.15, 0.2) is 5.65 Å². The van der Waals surface area contributed by atoms with Crippen molar-refractivity contribution in [2.45, 2.75) is 19.4 Å². The van der Waals surface area contributed by atoms with Crippen LogP contribution in [0.15, 0.2) is 12.3 Å². The molecule has 1 atom stereocenters. The Bertz CT molecular complexity index is 816. The Morgan fingerprint density at radius 1 is 1.40 bits per heavy atom. The summed E-state index contributed by atoms with van der Waals surface area (Å²) in [5, 5.41) is 8.07. The first-order valence-electron chi connectivity index (χ1n) is 8.08. The van der Waals surface area contributed by atoms with E-state index in [4.69, 9.17) is 4.74 Å². The van der Waals surface area contributed by atoms with Crippen LogP contribution in [-0.4, -0.2) is 70.0 Å². The molecule has 0 saturated carbocycles. The number of hydrogen-bond acceptors (Lipinski definition) is 5. The van der Waals surface area contributed by atoms with E-state index in [1.165, 1.54) is 4.90 Å². The monoisotopic (exact) mass is 346 g/mol. The SMILES string of the molecule is Cc1nn(C)c2ncc(NC(=O)N3CCC(OC(=O)N(C)C)C3)cc12. The number of likely N-dealkylation sites (tertiary alicyclic amines) is 1. The number of ether oxygens (including phenoxy) is 1. The van der Waals surface area contributed by atoms with E-state index in [-0.39, 0.29) is 12.1 Å². The average Bonchev–Trinajstić information content (AvgIpc) is 3.13. The lowest BCUT2D eigenvalue weighted by molar-refractivity contribution is 0.0794. The normalized spacial score (nSPS) is 17.0. The summed E-state index contributed by atoms with van der Waals surface area (Å²) in [6.45, 7) is 2.82. The fourth-order valence-corrected chi connectivity index (χ4v) is 2.84. The first-order chi connectivity index (χ1) is 11.8. The second kappa shape index (κ2) is 6.58. The molecule has 1 N–H and O–H groups in total. The number of carbonyl (C=O) groups excluding carboxylic acids is 2. The van der Waals surface area contributed by atoms with Gasteiger partial charge in [-0.15, -0.1) is 0 Å². The third-order valence-corrected chi connectivity index (χ3v) is 4.18. The van der Waals surface area contributed by atoms with E-state index >= 15 is 0 Å². The van der Waals surface area contributed by atoms with Crippen LogP contribution in [0.2, 0.25) is 0 Å². The van der Waals surface area contributed by atoms with Gasteiger partial charge in [-0.2, -0.15) is 5.10 Å². The molecule has 0 spiro atoms. The zero-order valence-corrected chi connectivity index (χ0v) is 14.8. The summed E-state index contributed by atoms with van der Waals surface area (Å²) in [7, 11) is 5.09. The molecule has 0 bridgehead atoms. The van der Waals surface area contributed by atoms with Crippen molar-refractivity contribution in [1.29, 1.82) is 0 Å². The van der Waals surface area contributed by atoms with Gasteiger partial charge in [0.2, 0.25) is 0 Å². The van der Waals surface area contributed by atoms with Crippen LogP contribution in [0.5, 0.6) is 0 Å². The first-order valence-corrected chi connectivity index (χ1v) is 8.08. The Hall–Kier alpha value is -2.84. The number of rotatable bonds is 2. The van der Waals surface area contributed by atoms with Gasteiger partial charge in [-0.1, -0.05) is 0 Å². The smallest absolute Gasteiger partial charge is 0.409 e. The van der Waals surface area contributed by atoms with Crippen molar-refractivity contribution in [3.8, 4) is 0 Å². The van der Waals surface area contributed by atoms with Crippen LogP contribution in [0.1, 0.15) is 12.1 Å². The van der Waals surface area contributed by atoms with E-state index in [2.05, 4.69) is 15.4 Å². The second-order valence-corrected chi connectivity index (χ2v) is 6.37. The number of pyridine rings is 1. The number of nitrogens with one attached hydrogen (secondary N) is 1. The van der Waals surface area contributed by atoms with Crippen molar-refractivity contribution in [1.82, 2.24) is 24.6 Å². The Morgan fingerprint density at radius 2 is 2.16 bits per heavy atom. The molecule has 0 radical (unpaired) electrons. The molecule has 1 fully saturated rings. The third kappa shape index (κ3) is 3.49. The van der Waals surface area contributed by atoms with Crippen LogP contribution >= 0.6 is 0 Å². The van der Waals surface area contributed by atoms with Gasteiger partial charge >= 0.3 is 12.1 Å². The molecule has 1 unspecified atom stereocenters. The number of urea groups is 1. The molecule has 1 aliphatic rings. The molecule has 2 aromatic rings. The topological polar surface area (TPSA) is 92.6 Å². The molecule has 1 saturated heterocycles. The molecule has 0 aliphatic carbocycles. The van der Waals surface area contributed by atoms with E-state index in [0.717, 1.165) is 16.7 Å². The minimum atomic E-state index is -0.394. The van der Waals surface area contributed by atoms with Crippen LogP contribution in [0.25, 0.3) is 11.0 Å². The summed E-state index contributed by atoms with van der Waals surface area (Å²) in [5.74, 6) is 0. The maximum absolute atomic E-state index is 12.4. The molecule has 0 aromatic carbocycles. The molecule has 134 valence electrons. The number of nitrogens with zero attached hydrogens (tertiary/aromatic N) is 5. The number of hydrogen-bond donors (Lipinski definition) is 1. The van der Waals surface area contributed by atoms with Gasteiger partial charge < -0.3 is 19.9 Å². The van der Waals surface area contributed by atoms with Crippen molar-refractivity contribution in [2.75, 3.05) is 32.5 Å². The molecule has 9 heteroatoms. The molecule has 3 rings (SSSR count). The van der Waals surface area contributed by atoms with Crippen LogP contribution in [-0.2, 0) is 11.8 Å². The molecular formula is C16H22N6O3. The van der Waals surface area contributed by atoms with Crippen molar-refractivity contribution in [3.63, 3.8) is 0 Å². The highest BCUT2D eigenvalue weighted by atomic mass is 16.6. The van der Waals surface area contributed by atoms with Crippen LogP contribution in [0.4, 0.5) is 15.3 Å². The Labute approximate surface area is 145 Å². The Kier molecular flexibility index (Phi) is 4.47. The highest BCUT2D eigenvalue weighted by Crippen LogP contribution is 2.20. The maximum atomic E-state index is 12.4. The van der Waals surface area contributed by atoms with Gasteiger partial charge in [-0.3, -0.25) is 4.68 Å². The van der Waals surface area contributed by atoms with Crippen LogP contribution in [0.3, 0.4) is 0 Å². The fraction of sp³-hybridized carbons (Fsp3) is 0.500. The summed E-state index contributed by atoms with van der Waals surface area (Å²) in [5.41, 5.74) is 2.24. The molecule has 1 aliphatic heterocycles. The van der Waals surface area contributed by atoms with Crippen LogP contribution < -0.4 is 5.32 Å². The van der Waals surface area contributed by atoms with Gasteiger partial charge in [0.25, 0.3) is 0 Å². The Morgan fingerprint density at radius 3 is 2.88 bits per heavy atom. The molecule has 25 heavy (non-hydrogen) atoms. The lowest BCUT2D eigenvalue weighted by Gasteiger charge is -2.18. The van der Waals surface area contributed by atoms with Gasteiger partial charge in [0.1, 0.15) is 6.10 Å².